The van der Waals surface area contributed by atoms with Gasteiger partial charge in [-0.3, -0.25) is 0 Å². The molecular formula is C16H25N3O. The molecule has 4 heteroatoms. The zero-order valence-electron chi connectivity index (χ0n) is 13.1. The number of hydrogen-bond acceptors (Lipinski definition) is 3. The Hall–Kier alpha value is -2.10. The summed E-state index contributed by atoms with van der Waals surface area (Å²) in [4.78, 5) is 7.38. The molecule has 2 heterocycles. The first kappa shape index (κ1) is 16.0. The molecule has 0 saturated heterocycles. The summed E-state index contributed by atoms with van der Waals surface area (Å²) in [7, 11) is 0. The number of imidazole rings is 1. The predicted octanol–water partition coefficient (Wildman–Crippen LogP) is 5.13. The molecule has 0 spiro atoms. The molecule has 3 aromatic rings. The summed E-state index contributed by atoms with van der Waals surface area (Å²) in [5, 5.41) is 4.89. The van der Waals surface area contributed by atoms with Gasteiger partial charge in [-0.2, -0.15) is 0 Å². The molecule has 0 aliphatic heterocycles. The third-order valence-corrected chi connectivity index (χ3v) is 2.73. The summed E-state index contributed by atoms with van der Waals surface area (Å²) in [5.74, 6) is 0.892. The van der Waals surface area contributed by atoms with Crippen LogP contribution in [0.3, 0.4) is 0 Å². The maximum absolute atomic E-state index is 5.30. The average Bonchev–Trinajstić information content (AvgIpc) is 3.13. The summed E-state index contributed by atoms with van der Waals surface area (Å²) < 4.78 is 5.30. The minimum Gasteiger partial charge on any atom is -0.356 e. The number of hydrogen-bond donors (Lipinski definition) is 1. The molecule has 0 radical (unpaired) electrons. The van der Waals surface area contributed by atoms with Crippen molar-refractivity contribution < 1.29 is 5.95 Å². The van der Waals surface area contributed by atoms with Crippen LogP contribution < -0.4 is 0 Å². The molecule has 0 unspecified atom stereocenters. The van der Waals surface area contributed by atoms with Gasteiger partial charge in [-0.25, -0.2) is 4.98 Å². The molecular weight excluding hydrogens is 250 g/mol. The minimum absolute atomic E-state index is 0. The molecule has 3 rings (SSSR count). The van der Waals surface area contributed by atoms with Gasteiger partial charge in [-0.1, -0.05) is 38.9 Å². The van der Waals surface area contributed by atoms with Crippen LogP contribution in [0.2, 0.25) is 0 Å². The summed E-state index contributed by atoms with van der Waals surface area (Å²) >= 11 is 0. The highest BCUT2D eigenvalue weighted by atomic mass is 16.5. The second-order valence-electron chi connectivity index (χ2n) is 3.88. The molecule has 1 aromatic carbocycles. The Morgan fingerprint density at radius 2 is 1.75 bits per heavy atom. The van der Waals surface area contributed by atoms with Crippen LogP contribution in [-0.4, -0.2) is 15.1 Å². The molecule has 0 amide bonds. The van der Waals surface area contributed by atoms with E-state index < -0.39 is 0 Å². The quantitative estimate of drug-likeness (QED) is 0.669. The van der Waals surface area contributed by atoms with Gasteiger partial charge in [0.2, 0.25) is 0 Å². The van der Waals surface area contributed by atoms with Gasteiger partial charge in [-0.15, -0.1) is 0 Å². The van der Waals surface area contributed by atoms with Crippen molar-refractivity contribution in [3.05, 3.63) is 35.9 Å². The van der Waals surface area contributed by atoms with E-state index >= 15 is 0 Å². The fourth-order valence-electron chi connectivity index (χ4n) is 1.86. The normalized spacial score (nSPS) is 9.50. The molecule has 4 nitrogen and oxygen atoms in total. The molecule has 2 aromatic heterocycles. The summed E-state index contributed by atoms with van der Waals surface area (Å²) in [6, 6.07) is 4.08. The monoisotopic (exact) mass is 275 g/mol. The van der Waals surface area contributed by atoms with E-state index in [1.807, 2.05) is 53.8 Å². The number of aromatic nitrogens is 3. The van der Waals surface area contributed by atoms with Crippen LogP contribution in [0.25, 0.3) is 22.2 Å². The molecule has 0 fully saturated rings. The number of nitrogens with zero attached hydrogens (tertiary/aromatic N) is 2. The Morgan fingerprint density at radius 1 is 1.05 bits per heavy atom. The molecule has 0 atom stereocenters. The first-order valence-electron chi connectivity index (χ1n) is 7.11. The van der Waals surface area contributed by atoms with E-state index in [0.717, 1.165) is 33.6 Å². The van der Waals surface area contributed by atoms with Crippen molar-refractivity contribution in [2.24, 2.45) is 0 Å². The lowest BCUT2D eigenvalue weighted by Gasteiger charge is -2.00. The summed E-state index contributed by atoms with van der Waals surface area (Å²) in [6.45, 7) is 12.0. The minimum atomic E-state index is 0. The summed E-state index contributed by atoms with van der Waals surface area (Å²) in [5.41, 5.74) is 3.93. The van der Waals surface area contributed by atoms with Crippen molar-refractivity contribution in [1.29, 1.82) is 0 Å². The van der Waals surface area contributed by atoms with E-state index in [1.165, 1.54) is 0 Å². The van der Waals surface area contributed by atoms with E-state index in [-0.39, 0.29) is 1.43 Å². The topological polar surface area (TPSA) is 54.7 Å². The molecule has 110 valence electrons. The molecule has 0 saturated carbocycles. The van der Waals surface area contributed by atoms with E-state index in [9.17, 15) is 0 Å². The standard InChI is InChI=1S/C12H11N3O.2C2H6.H2/c1-7-3-4-9(11-6-13-8(2)15-11)12-10(7)5-14-16-12;2*1-2;/h3-6H,1-2H3,(H,13,15);2*1-2H3;1H. The van der Waals surface area contributed by atoms with Gasteiger partial charge >= 0.3 is 0 Å². The number of aryl methyl sites for hydroxylation is 2. The van der Waals surface area contributed by atoms with Crippen LogP contribution in [-0.2, 0) is 0 Å². The lowest BCUT2D eigenvalue weighted by atomic mass is 10.1. The Kier molecular flexibility index (Phi) is 5.97. The Balaban J connectivity index is 0.000000741. The largest absolute Gasteiger partial charge is 0.356 e. The van der Waals surface area contributed by atoms with Gasteiger partial charge in [0.25, 0.3) is 0 Å². The predicted molar refractivity (Wildman–Crippen MR) is 85.9 cm³/mol. The Labute approximate surface area is 121 Å². The third kappa shape index (κ3) is 3.07. The Bertz CT molecular complexity index is 658. The lowest BCUT2D eigenvalue weighted by molar-refractivity contribution is 0.457. The first-order valence-corrected chi connectivity index (χ1v) is 7.11. The molecule has 0 bridgehead atoms. The van der Waals surface area contributed by atoms with Crippen LogP contribution in [0.5, 0.6) is 0 Å². The molecule has 0 aliphatic rings. The first-order chi connectivity index (χ1) is 9.75. The Morgan fingerprint density at radius 3 is 2.35 bits per heavy atom. The number of nitrogens with one attached hydrogen (secondary N) is 1. The third-order valence-electron chi connectivity index (χ3n) is 2.73. The zero-order chi connectivity index (χ0) is 15.1. The lowest BCUT2D eigenvalue weighted by Crippen LogP contribution is -1.81. The highest BCUT2D eigenvalue weighted by molar-refractivity contribution is 5.92. The average molecular weight is 275 g/mol. The van der Waals surface area contributed by atoms with E-state index in [4.69, 9.17) is 4.52 Å². The van der Waals surface area contributed by atoms with Gasteiger partial charge in [-0.05, 0) is 25.5 Å². The number of fused-ring (bicyclic) bond motifs is 1. The number of benzene rings is 1. The number of rotatable bonds is 1. The zero-order valence-corrected chi connectivity index (χ0v) is 13.1. The second kappa shape index (κ2) is 7.48. The van der Waals surface area contributed by atoms with Crippen molar-refractivity contribution in [2.45, 2.75) is 41.5 Å². The van der Waals surface area contributed by atoms with Gasteiger partial charge in [0.1, 0.15) is 5.82 Å². The maximum Gasteiger partial charge on any atom is 0.176 e. The van der Waals surface area contributed by atoms with Crippen LogP contribution >= 0.6 is 0 Å². The molecule has 20 heavy (non-hydrogen) atoms. The van der Waals surface area contributed by atoms with Crippen LogP contribution in [0.4, 0.5) is 0 Å². The molecule has 1 N–H and O–H groups in total. The highest BCUT2D eigenvalue weighted by Crippen LogP contribution is 2.29. The van der Waals surface area contributed by atoms with Crippen LogP contribution in [0, 0.1) is 13.8 Å². The van der Waals surface area contributed by atoms with Gasteiger partial charge < -0.3 is 9.51 Å². The maximum atomic E-state index is 5.30. The molecule has 0 aliphatic carbocycles. The highest BCUT2D eigenvalue weighted by Gasteiger charge is 2.11. The van der Waals surface area contributed by atoms with Crippen LogP contribution in [0.1, 0.15) is 40.5 Å². The van der Waals surface area contributed by atoms with Crippen molar-refractivity contribution >= 4 is 11.0 Å². The number of H-pyrrole nitrogens is 1. The van der Waals surface area contributed by atoms with Crippen LogP contribution in [0.15, 0.2) is 29.0 Å². The SMILES string of the molecule is CC.CC.Cc1ncc(-c2ccc(C)c3cnoc23)[nH]1.[HH]. The van der Waals surface area contributed by atoms with Crippen molar-refractivity contribution in [1.82, 2.24) is 15.1 Å². The van der Waals surface area contributed by atoms with E-state index in [2.05, 4.69) is 21.2 Å². The van der Waals surface area contributed by atoms with E-state index in [0.29, 0.717) is 0 Å². The fraction of sp³-hybridized carbons (Fsp3) is 0.375. The fourth-order valence-corrected chi connectivity index (χ4v) is 1.86. The smallest absolute Gasteiger partial charge is 0.176 e. The van der Waals surface area contributed by atoms with Crippen molar-refractivity contribution in [3.63, 3.8) is 0 Å². The van der Waals surface area contributed by atoms with E-state index in [1.54, 1.807) is 6.20 Å². The van der Waals surface area contributed by atoms with Crippen molar-refractivity contribution in [2.75, 3.05) is 0 Å². The summed E-state index contributed by atoms with van der Waals surface area (Å²) in [6.07, 6.45) is 3.55. The van der Waals surface area contributed by atoms with Crippen molar-refractivity contribution in [3.8, 4) is 11.3 Å². The van der Waals surface area contributed by atoms with Gasteiger partial charge in [0, 0.05) is 12.4 Å². The van der Waals surface area contributed by atoms with Gasteiger partial charge in [0.15, 0.2) is 5.58 Å². The number of aromatic amines is 1. The van der Waals surface area contributed by atoms with Gasteiger partial charge in [0.05, 0.1) is 18.1 Å². The second-order valence-corrected chi connectivity index (χ2v) is 3.88.